The highest BCUT2D eigenvalue weighted by Gasteiger charge is 2.32. The van der Waals surface area contributed by atoms with Gasteiger partial charge in [0.05, 0.1) is 10.9 Å². The minimum absolute atomic E-state index is 0. The minimum Gasteiger partial charge on any atom is -0.381 e. The lowest BCUT2D eigenvalue weighted by molar-refractivity contribution is -0.136. The summed E-state index contributed by atoms with van der Waals surface area (Å²) in [6.07, 6.45) is 1.70. The number of hydrogen-bond acceptors (Lipinski definition) is 5. The summed E-state index contributed by atoms with van der Waals surface area (Å²) >= 11 is 1.45. The van der Waals surface area contributed by atoms with Crippen LogP contribution in [0, 0.1) is 5.92 Å². The number of nitrogens with two attached hydrogens (primary N) is 1. The number of ether oxygens (including phenoxy) is 1. The Morgan fingerprint density at radius 3 is 2.38 bits per heavy atom. The zero-order chi connectivity index (χ0) is 16.2. The van der Waals surface area contributed by atoms with Crippen molar-refractivity contribution in [3.05, 3.63) is 22.4 Å². The van der Waals surface area contributed by atoms with Crippen LogP contribution < -0.4 is 5.73 Å². The van der Waals surface area contributed by atoms with Crippen molar-refractivity contribution in [1.29, 1.82) is 0 Å². The van der Waals surface area contributed by atoms with Gasteiger partial charge in [0.2, 0.25) is 5.91 Å². The molecule has 1 atom stereocenters. The number of piperazine rings is 1. The standard InChI is InChI=1S/C16H23N3O3S.ClH/c17-14(12-3-9-22-10-4-12)16(21)19-7-5-18(6-8-19)15(20)13-2-1-11-23-13;/h1-2,11-12,14H,3-10,17H2;1H. The lowest BCUT2D eigenvalue weighted by Gasteiger charge is -2.37. The van der Waals surface area contributed by atoms with Gasteiger partial charge in [0.1, 0.15) is 0 Å². The number of carbonyl (C=O) groups is 2. The summed E-state index contributed by atoms with van der Waals surface area (Å²) in [5, 5.41) is 1.90. The van der Waals surface area contributed by atoms with Crippen LogP contribution in [0.3, 0.4) is 0 Å². The van der Waals surface area contributed by atoms with E-state index in [1.54, 1.807) is 4.90 Å². The number of rotatable bonds is 3. The van der Waals surface area contributed by atoms with Crippen LogP contribution in [0.25, 0.3) is 0 Å². The first-order valence-electron chi connectivity index (χ1n) is 8.11. The molecule has 0 aliphatic carbocycles. The SMILES string of the molecule is Cl.NC(C(=O)N1CCN(C(=O)c2cccs2)CC1)C1CCOCC1. The van der Waals surface area contributed by atoms with Crippen molar-refractivity contribution in [3.8, 4) is 0 Å². The second-order valence-corrected chi connectivity index (χ2v) is 7.02. The number of hydrogen-bond donors (Lipinski definition) is 1. The van der Waals surface area contributed by atoms with E-state index in [0.29, 0.717) is 39.4 Å². The molecule has 2 aliphatic heterocycles. The van der Waals surface area contributed by atoms with E-state index in [0.717, 1.165) is 17.7 Å². The number of halogens is 1. The molecule has 3 heterocycles. The average molecular weight is 374 g/mol. The summed E-state index contributed by atoms with van der Waals surface area (Å²) < 4.78 is 5.33. The van der Waals surface area contributed by atoms with Crippen LogP contribution in [0.1, 0.15) is 22.5 Å². The predicted molar refractivity (Wildman–Crippen MR) is 95.6 cm³/mol. The highest BCUT2D eigenvalue weighted by Crippen LogP contribution is 2.20. The molecular weight excluding hydrogens is 350 g/mol. The molecule has 24 heavy (non-hydrogen) atoms. The Labute approximate surface area is 152 Å². The Balaban J connectivity index is 0.00000208. The van der Waals surface area contributed by atoms with Crippen LogP contribution in [-0.2, 0) is 9.53 Å². The molecule has 8 heteroatoms. The molecule has 134 valence electrons. The van der Waals surface area contributed by atoms with Gasteiger partial charge in [0, 0.05) is 39.4 Å². The number of thiophene rings is 1. The fourth-order valence-electron chi connectivity index (χ4n) is 3.17. The van der Waals surface area contributed by atoms with E-state index in [2.05, 4.69) is 0 Å². The largest absolute Gasteiger partial charge is 0.381 e. The van der Waals surface area contributed by atoms with Gasteiger partial charge in [-0.1, -0.05) is 6.07 Å². The van der Waals surface area contributed by atoms with Gasteiger partial charge in [0.25, 0.3) is 5.91 Å². The van der Waals surface area contributed by atoms with Crippen LogP contribution in [-0.4, -0.2) is 67.0 Å². The van der Waals surface area contributed by atoms with Crippen molar-refractivity contribution >= 4 is 35.6 Å². The number of carbonyl (C=O) groups excluding carboxylic acids is 2. The molecule has 2 fully saturated rings. The van der Waals surface area contributed by atoms with Gasteiger partial charge in [-0.25, -0.2) is 0 Å². The van der Waals surface area contributed by atoms with Gasteiger partial charge in [-0.2, -0.15) is 0 Å². The van der Waals surface area contributed by atoms with Gasteiger partial charge in [-0.05, 0) is 30.2 Å². The molecule has 0 radical (unpaired) electrons. The summed E-state index contributed by atoms with van der Waals surface area (Å²) in [5.74, 6) is 0.281. The van der Waals surface area contributed by atoms with Crippen LogP contribution in [0.4, 0.5) is 0 Å². The Bertz CT molecular complexity index is 541. The Morgan fingerprint density at radius 1 is 1.17 bits per heavy atom. The first kappa shape index (κ1) is 19.2. The second-order valence-electron chi connectivity index (χ2n) is 6.07. The molecule has 2 saturated heterocycles. The molecule has 2 N–H and O–H groups in total. The zero-order valence-electron chi connectivity index (χ0n) is 13.6. The summed E-state index contributed by atoms with van der Waals surface area (Å²) in [7, 11) is 0. The van der Waals surface area contributed by atoms with Gasteiger partial charge < -0.3 is 20.3 Å². The van der Waals surface area contributed by atoms with E-state index in [1.807, 2.05) is 22.4 Å². The topological polar surface area (TPSA) is 75.9 Å². The van der Waals surface area contributed by atoms with E-state index >= 15 is 0 Å². The molecule has 6 nitrogen and oxygen atoms in total. The van der Waals surface area contributed by atoms with Crippen molar-refractivity contribution in [2.45, 2.75) is 18.9 Å². The van der Waals surface area contributed by atoms with Crippen molar-refractivity contribution in [2.24, 2.45) is 11.7 Å². The van der Waals surface area contributed by atoms with Gasteiger partial charge in [0.15, 0.2) is 0 Å². The van der Waals surface area contributed by atoms with Gasteiger partial charge >= 0.3 is 0 Å². The Hall–Kier alpha value is -1.15. The van der Waals surface area contributed by atoms with E-state index in [1.165, 1.54) is 11.3 Å². The third kappa shape index (κ3) is 4.27. The van der Waals surface area contributed by atoms with Crippen molar-refractivity contribution in [2.75, 3.05) is 39.4 Å². The Kier molecular flexibility index (Phi) is 7.03. The quantitative estimate of drug-likeness (QED) is 0.864. The van der Waals surface area contributed by atoms with E-state index in [-0.39, 0.29) is 30.1 Å². The normalized spacial score (nSPS) is 20.4. The molecule has 1 unspecified atom stereocenters. The van der Waals surface area contributed by atoms with Crippen LogP contribution in [0.2, 0.25) is 0 Å². The second kappa shape index (κ2) is 8.80. The minimum atomic E-state index is -0.446. The predicted octanol–water partition coefficient (Wildman–Crippen LogP) is 1.21. The molecule has 1 aromatic rings. The molecule has 1 aromatic heterocycles. The lowest BCUT2D eigenvalue weighted by atomic mass is 9.91. The van der Waals surface area contributed by atoms with E-state index in [4.69, 9.17) is 10.5 Å². The average Bonchev–Trinajstić information content (AvgIpc) is 3.15. The first-order valence-corrected chi connectivity index (χ1v) is 8.99. The molecule has 0 saturated carbocycles. The highest BCUT2D eigenvalue weighted by molar-refractivity contribution is 7.12. The molecule has 3 rings (SSSR count). The summed E-state index contributed by atoms with van der Waals surface area (Å²) in [4.78, 5) is 29.2. The van der Waals surface area contributed by atoms with Gasteiger partial charge in [-0.15, -0.1) is 23.7 Å². The van der Waals surface area contributed by atoms with E-state index < -0.39 is 6.04 Å². The van der Waals surface area contributed by atoms with Gasteiger partial charge in [-0.3, -0.25) is 9.59 Å². The molecule has 0 aromatic carbocycles. The third-order valence-corrected chi connectivity index (χ3v) is 5.53. The van der Waals surface area contributed by atoms with Crippen molar-refractivity contribution in [1.82, 2.24) is 9.80 Å². The smallest absolute Gasteiger partial charge is 0.264 e. The highest BCUT2D eigenvalue weighted by atomic mass is 35.5. The first-order chi connectivity index (χ1) is 11.2. The fraction of sp³-hybridized carbons (Fsp3) is 0.625. The monoisotopic (exact) mass is 373 g/mol. The maximum atomic E-state index is 12.6. The molecule has 0 spiro atoms. The van der Waals surface area contributed by atoms with E-state index in [9.17, 15) is 9.59 Å². The third-order valence-electron chi connectivity index (χ3n) is 4.67. The number of nitrogens with zero attached hydrogens (tertiary/aromatic N) is 2. The molecule has 2 amide bonds. The fourth-order valence-corrected chi connectivity index (χ4v) is 3.86. The van der Waals surface area contributed by atoms with Crippen LogP contribution in [0.5, 0.6) is 0 Å². The molecular formula is C16H24ClN3O3S. The summed E-state index contributed by atoms with van der Waals surface area (Å²) in [6, 6.07) is 3.27. The summed E-state index contributed by atoms with van der Waals surface area (Å²) in [6.45, 7) is 3.65. The summed E-state index contributed by atoms with van der Waals surface area (Å²) in [5.41, 5.74) is 6.17. The molecule has 0 bridgehead atoms. The van der Waals surface area contributed by atoms with Crippen LogP contribution >= 0.6 is 23.7 Å². The Morgan fingerprint density at radius 2 is 1.79 bits per heavy atom. The zero-order valence-corrected chi connectivity index (χ0v) is 15.2. The molecule has 2 aliphatic rings. The van der Waals surface area contributed by atoms with Crippen molar-refractivity contribution in [3.63, 3.8) is 0 Å². The maximum absolute atomic E-state index is 12.6. The van der Waals surface area contributed by atoms with Crippen LogP contribution in [0.15, 0.2) is 17.5 Å². The van der Waals surface area contributed by atoms with Crippen molar-refractivity contribution < 1.29 is 14.3 Å². The maximum Gasteiger partial charge on any atom is 0.264 e. The lowest BCUT2D eigenvalue weighted by Crippen LogP contribution is -2.56. The number of amides is 2.